The van der Waals surface area contributed by atoms with Gasteiger partial charge in [0, 0.05) is 37.6 Å². The number of amides is 2. The van der Waals surface area contributed by atoms with E-state index < -0.39 is 0 Å². The molecule has 0 radical (unpaired) electrons. The van der Waals surface area contributed by atoms with E-state index in [1.807, 2.05) is 36.9 Å². The maximum atomic E-state index is 12.7. The Hall–Kier alpha value is -3.00. The van der Waals surface area contributed by atoms with Crippen LogP contribution in [0.25, 0.3) is 0 Å². The van der Waals surface area contributed by atoms with Gasteiger partial charge in [0.05, 0.1) is 11.6 Å². The van der Waals surface area contributed by atoms with Crippen molar-refractivity contribution in [2.45, 2.75) is 20.8 Å². The predicted octanol–water partition coefficient (Wildman–Crippen LogP) is 3.84. The molecule has 0 aliphatic carbocycles. The molecule has 0 bridgehead atoms. The molecule has 2 aromatic carbocycles. The highest BCUT2D eigenvalue weighted by Crippen LogP contribution is 2.23. The Labute approximate surface area is 154 Å². The van der Waals surface area contributed by atoms with Gasteiger partial charge in [-0.15, -0.1) is 0 Å². The van der Waals surface area contributed by atoms with Gasteiger partial charge in [-0.25, -0.2) is 4.79 Å². The molecule has 0 unspecified atom stereocenters. The van der Waals surface area contributed by atoms with Crippen LogP contribution in [0.5, 0.6) is 0 Å². The second-order valence-electron chi connectivity index (χ2n) is 6.84. The summed E-state index contributed by atoms with van der Waals surface area (Å²) in [5.41, 5.74) is 5.98. The molecule has 1 N–H and O–H groups in total. The monoisotopic (exact) mass is 348 g/mol. The second kappa shape index (κ2) is 7.49. The van der Waals surface area contributed by atoms with Crippen LogP contribution in [0.1, 0.15) is 22.3 Å². The minimum absolute atomic E-state index is 0.0505. The lowest BCUT2D eigenvalue weighted by Crippen LogP contribution is -2.50. The number of piperazine rings is 1. The molecule has 2 aromatic rings. The number of rotatable bonds is 2. The number of carbonyl (C=O) groups excluding carboxylic acids is 1. The number of nitrogens with zero attached hydrogens (tertiary/aromatic N) is 3. The Bertz CT molecular complexity index is 838. The molecule has 1 aliphatic rings. The van der Waals surface area contributed by atoms with Gasteiger partial charge in [0.1, 0.15) is 0 Å². The van der Waals surface area contributed by atoms with E-state index >= 15 is 0 Å². The summed E-state index contributed by atoms with van der Waals surface area (Å²) in [6.45, 7) is 8.94. The minimum atomic E-state index is -0.0505. The number of aryl methyl sites for hydroxylation is 3. The fraction of sp³-hybridized carbons (Fsp3) is 0.333. The first-order valence-electron chi connectivity index (χ1n) is 8.87. The lowest BCUT2D eigenvalue weighted by molar-refractivity contribution is 0.208. The average Bonchev–Trinajstić information content (AvgIpc) is 2.64. The highest BCUT2D eigenvalue weighted by molar-refractivity contribution is 5.91. The summed E-state index contributed by atoms with van der Waals surface area (Å²) in [6, 6.07) is 13.9. The third-order valence-corrected chi connectivity index (χ3v) is 4.82. The van der Waals surface area contributed by atoms with E-state index in [0.29, 0.717) is 18.7 Å². The van der Waals surface area contributed by atoms with Crippen molar-refractivity contribution in [3.05, 3.63) is 58.7 Å². The third-order valence-electron chi connectivity index (χ3n) is 4.82. The highest BCUT2D eigenvalue weighted by atomic mass is 16.2. The first-order chi connectivity index (χ1) is 12.5. The smallest absolute Gasteiger partial charge is 0.321 e. The van der Waals surface area contributed by atoms with E-state index in [4.69, 9.17) is 5.26 Å². The van der Waals surface area contributed by atoms with Crippen LogP contribution in [0, 0.1) is 32.1 Å². The third kappa shape index (κ3) is 3.80. The zero-order valence-electron chi connectivity index (χ0n) is 15.5. The average molecular weight is 348 g/mol. The van der Waals surface area contributed by atoms with Crippen LogP contribution < -0.4 is 10.2 Å². The van der Waals surface area contributed by atoms with Crippen molar-refractivity contribution >= 4 is 17.4 Å². The Balaban J connectivity index is 1.63. The van der Waals surface area contributed by atoms with Crippen molar-refractivity contribution in [2.75, 3.05) is 36.4 Å². The number of anilines is 2. The molecule has 1 saturated heterocycles. The van der Waals surface area contributed by atoms with Gasteiger partial charge in [-0.05, 0) is 50.1 Å². The van der Waals surface area contributed by atoms with Gasteiger partial charge in [0.2, 0.25) is 0 Å². The summed E-state index contributed by atoms with van der Waals surface area (Å²) in [6.07, 6.45) is 0. The molecule has 0 atom stereocenters. The van der Waals surface area contributed by atoms with Crippen LogP contribution in [0.15, 0.2) is 36.4 Å². The first-order valence-corrected chi connectivity index (χ1v) is 8.87. The molecule has 5 heteroatoms. The number of benzene rings is 2. The first kappa shape index (κ1) is 17.8. The summed E-state index contributed by atoms with van der Waals surface area (Å²) in [4.78, 5) is 16.7. The van der Waals surface area contributed by atoms with Gasteiger partial charge in [-0.2, -0.15) is 5.26 Å². The molecule has 0 aromatic heterocycles. The molecule has 1 aliphatic heterocycles. The van der Waals surface area contributed by atoms with Crippen LogP contribution in [-0.4, -0.2) is 37.1 Å². The van der Waals surface area contributed by atoms with Gasteiger partial charge in [-0.1, -0.05) is 23.8 Å². The Morgan fingerprint density at radius 3 is 2.31 bits per heavy atom. The van der Waals surface area contributed by atoms with Gasteiger partial charge in [0.25, 0.3) is 0 Å². The van der Waals surface area contributed by atoms with Crippen molar-refractivity contribution in [2.24, 2.45) is 0 Å². The molecule has 26 heavy (non-hydrogen) atoms. The number of hydrogen-bond donors (Lipinski definition) is 1. The largest absolute Gasteiger partial charge is 0.368 e. The number of carbonyl (C=O) groups is 1. The maximum Gasteiger partial charge on any atom is 0.321 e. The number of hydrogen-bond acceptors (Lipinski definition) is 3. The van der Waals surface area contributed by atoms with Crippen LogP contribution in [0.3, 0.4) is 0 Å². The van der Waals surface area contributed by atoms with E-state index in [2.05, 4.69) is 35.3 Å². The van der Waals surface area contributed by atoms with E-state index in [1.165, 1.54) is 5.56 Å². The van der Waals surface area contributed by atoms with Crippen LogP contribution in [0.4, 0.5) is 16.2 Å². The molecule has 5 nitrogen and oxygen atoms in total. The second-order valence-corrected chi connectivity index (χ2v) is 6.84. The SMILES string of the molecule is Cc1cc(C)c(NC(=O)N2CCN(c3cccc(C#N)c3)CC2)c(C)c1. The lowest BCUT2D eigenvalue weighted by Gasteiger charge is -2.36. The van der Waals surface area contributed by atoms with Gasteiger partial charge in [0.15, 0.2) is 0 Å². The molecule has 0 saturated carbocycles. The van der Waals surface area contributed by atoms with Crippen molar-refractivity contribution in [1.82, 2.24) is 4.90 Å². The van der Waals surface area contributed by atoms with Crippen molar-refractivity contribution in [3.8, 4) is 6.07 Å². The summed E-state index contributed by atoms with van der Waals surface area (Å²) in [7, 11) is 0. The van der Waals surface area contributed by atoms with Crippen LogP contribution in [-0.2, 0) is 0 Å². The number of nitriles is 1. The Morgan fingerprint density at radius 2 is 1.69 bits per heavy atom. The maximum absolute atomic E-state index is 12.7. The Morgan fingerprint density at radius 1 is 1.04 bits per heavy atom. The van der Waals surface area contributed by atoms with Crippen molar-refractivity contribution in [3.63, 3.8) is 0 Å². The summed E-state index contributed by atoms with van der Waals surface area (Å²) < 4.78 is 0. The van der Waals surface area contributed by atoms with E-state index in [9.17, 15) is 4.79 Å². The predicted molar refractivity (Wildman–Crippen MR) is 105 cm³/mol. The number of urea groups is 1. The molecule has 0 spiro atoms. The van der Waals surface area contributed by atoms with Gasteiger partial charge < -0.3 is 15.1 Å². The highest BCUT2D eigenvalue weighted by Gasteiger charge is 2.22. The fourth-order valence-corrected chi connectivity index (χ4v) is 3.50. The van der Waals surface area contributed by atoms with E-state index in [-0.39, 0.29) is 6.03 Å². The van der Waals surface area contributed by atoms with Crippen molar-refractivity contribution in [1.29, 1.82) is 5.26 Å². The molecule has 134 valence electrons. The molecular weight excluding hydrogens is 324 g/mol. The standard InChI is InChI=1S/C21H24N4O/c1-15-11-16(2)20(17(3)12-15)23-21(26)25-9-7-24(8-10-25)19-6-4-5-18(13-19)14-22/h4-6,11-13H,7-10H2,1-3H3,(H,23,26). The zero-order chi connectivity index (χ0) is 18.7. The topological polar surface area (TPSA) is 59.4 Å². The summed E-state index contributed by atoms with van der Waals surface area (Å²) >= 11 is 0. The molecule has 2 amide bonds. The lowest BCUT2D eigenvalue weighted by atomic mass is 10.1. The molecular formula is C21H24N4O. The quantitative estimate of drug-likeness (QED) is 0.897. The van der Waals surface area contributed by atoms with Gasteiger partial charge in [-0.3, -0.25) is 0 Å². The van der Waals surface area contributed by atoms with Crippen molar-refractivity contribution < 1.29 is 4.79 Å². The van der Waals surface area contributed by atoms with Crippen LogP contribution in [0.2, 0.25) is 0 Å². The Kier molecular flexibility index (Phi) is 5.13. The summed E-state index contributed by atoms with van der Waals surface area (Å²) in [5.74, 6) is 0. The normalized spacial score (nSPS) is 14.1. The molecule has 3 rings (SSSR count). The van der Waals surface area contributed by atoms with E-state index in [0.717, 1.165) is 35.6 Å². The molecule has 1 heterocycles. The zero-order valence-corrected chi connectivity index (χ0v) is 15.5. The fourth-order valence-electron chi connectivity index (χ4n) is 3.50. The minimum Gasteiger partial charge on any atom is -0.368 e. The summed E-state index contributed by atoms with van der Waals surface area (Å²) in [5, 5.41) is 12.1. The number of nitrogens with one attached hydrogen (secondary N) is 1. The van der Waals surface area contributed by atoms with Crippen LogP contribution >= 0.6 is 0 Å². The van der Waals surface area contributed by atoms with Gasteiger partial charge >= 0.3 is 6.03 Å². The molecule has 1 fully saturated rings. The van der Waals surface area contributed by atoms with E-state index in [1.54, 1.807) is 6.07 Å².